The molecule has 1 unspecified atom stereocenters. The van der Waals surface area contributed by atoms with Gasteiger partial charge in [0.1, 0.15) is 22.8 Å². The van der Waals surface area contributed by atoms with Crippen LogP contribution in [0.4, 0.5) is 18.3 Å². The van der Waals surface area contributed by atoms with Crippen LogP contribution in [0.2, 0.25) is 0 Å². The highest BCUT2D eigenvalue weighted by Gasteiger charge is 2.54. The molecule has 2 aliphatic heterocycles. The van der Waals surface area contributed by atoms with Gasteiger partial charge < -0.3 is 20.4 Å². The van der Waals surface area contributed by atoms with Gasteiger partial charge in [0.15, 0.2) is 10.8 Å². The van der Waals surface area contributed by atoms with Crippen LogP contribution < -0.4 is 10.6 Å². The van der Waals surface area contributed by atoms with Crippen molar-refractivity contribution < 1.29 is 52.2 Å². The Bertz CT molecular complexity index is 1200. The van der Waals surface area contributed by atoms with E-state index >= 15 is 0 Å². The zero-order valence-corrected chi connectivity index (χ0v) is 20.8. The maximum Gasteiger partial charge on any atom is 0.471 e. The predicted octanol–water partition coefficient (Wildman–Crippen LogP) is 0.551. The molecule has 0 aromatic carbocycles. The summed E-state index contributed by atoms with van der Waals surface area (Å²) < 4.78 is 37.5. The van der Waals surface area contributed by atoms with Gasteiger partial charge >= 0.3 is 24.0 Å². The van der Waals surface area contributed by atoms with Crippen molar-refractivity contribution >= 4 is 75.4 Å². The number of thiazole rings is 1. The number of halogens is 3. The molecular formula is C18H16F3N5O8S3. The second kappa shape index (κ2) is 11.4. The standard InChI is InChI=1S/C18H16F3N5O8S3/c1-35-3-6-4-36-14-10(13(30)26(14)11(6)15(31)32)23-12(29)9(25-34-2-8(27)28)7-5-37-17(22-7)24-16(33)18(19,20)21/h5,10,14H,2-4H2,1H3,(H,23,29)(H,27,28)(H,31,32)(H,22,24,33)/b25-9-/t10?,14-/m1/s1. The number of fused-ring (bicyclic) bond motifs is 1. The molecule has 3 heterocycles. The average molecular weight is 584 g/mol. The first-order valence-corrected chi connectivity index (χ1v) is 13.1. The maximum absolute atomic E-state index is 12.9. The lowest BCUT2D eigenvalue weighted by Crippen LogP contribution is -2.71. The summed E-state index contributed by atoms with van der Waals surface area (Å²) in [5, 5.41) is 25.3. The van der Waals surface area contributed by atoms with Crippen LogP contribution in [0.3, 0.4) is 0 Å². The van der Waals surface area contributed by atoms with Gasteiger partial charge in [-0.1, -0.05) is 5.16 Å². The number of anilines is 1. The number of thioether (sulfide) groups is 2. The second-order valence-corrected chi connectivity index (χ2v) is 9.98. The number of β-lactam (4-membered cyclic amide) rings is 1. The first-order valence-electron chi connectivity index (χ1n) is 9.80. The van der Waals surface area contributed by atoms with Crippen LogP contribution in [-0.4, -0.2) is 97.4 Å². The van der Waals surface area contributed by atoms with Crippen LogP contribution in [0, 0.1) is 0 Å². The van der Waals surface area contributed by atoms with Gasteiger partial charge in [0.05, 0.1) is 0 Å². The molecule has 0 spiro atoms. The molecule has 1 aromatic heterocycles. The second-order valence-electron chi connectivity index (χ2n) is 7.15. The van der Waals surface area contributed by atoms with E-state index < -0.39 is 64.7 Å². The summed E-state index contributed by atoms with van der Waals surface area (Å²) in [7, 11) is 0. The van der Waals surface area contributed by atoms with Gasteiger partial charge in [-0.05, 0) is 11.8 Å². The number of aromatic nitrogens is 1. The number of carbonyl (C=O) groups is 5. The van der Waals surface area contributed by atoms with Crippen molar-refractivity contribution in [2.24, 2.45) is 5.16 Å². The summed E-state index contributed by atoms with van der Waals surface area (Å²) in [5.74, 6) is -6.19. The van der Waals surface area contributed by atoms with E-state index in [-0.39, 0.29) is 11.4 Å². The SMILES string of the molecule is CSCC1=C(C(=O)O)N2C(=O)C(NC(=O)/C(=N\OCC(=O)O)c3csc(NC(=O)C(F)(F)F)n3)[C@H]2SC1. The minimum absolute atomic E-state index is 0.170. The number of hydrogen-bond acceptors (Lipinski definition) is 11. The van der Waals surface area contributed by atoms with E-state index in [1.165, 1.54) is 28.8 Å². The van der Waals surface area contributed by atoms with E-state index in [2.05, 4.69) is 20.3 Å². The van der Waals surface area contributed by atoms with Gasteiger partial charge in [0.25, 0.3) is 11.8 Å². The lowest BCUT2D eigenvalue weighted by atomic mass is 10.0. The lowest BCUT2D eigenvalue weighted by molar-refractivity contribution is -0.167. The normalized spacial score (nSPS) is 19.6. The average Bonchev–Trinajstić information content (AvgIpc) is 3.27. The third-order valence-electron chi connectivity index (χ3n) is 4.64. The fourth-order valence-electron chi connectivity index (χ4n) is 3.14. The number of oxime groups is 1. The summed E-state index contributed by atoms with van der Waals surface area (Å²) in [4.78, 5) is 68.6. The Balaban J connectivity index is 1.80. The van der Waals surface area contributed by atoms with Crippen LogP contribution in [0.25, 0.3) is 0 Å². The van der Waals surface area contributed by atoms with Gasteiger partial charge in [0.2, 0.25) is 6.61 Å². The molecule has 0 bridgehead atoms. The minimum atomic E-state index is -5.20. The Morgan fingerprint density at radius 3 is 2.62 bits per heavy atom. The molecule has 1 saturated heterocycles. The Hall–Kier alpha value is -3.32. The summed E-state index contributed by atoms with van der Waals surface area (Å²) in [5.41, 5.74) is -0.691. The number of amides is 3. The van der Waals surface area contributed by atoms with Gasteiger partial charge in [-0.25, -0.2) is 14.6 Å². The third kappa shape index (κ3) is 6.34. The molecule has 19 heteroatoms. The number of carbonyl (C=O) groups excluding carboxylic acids is 3. The molecule has 13 nitrogen and oxygen atoms in total. The zero-order valence-electron chi connectivity index (χ0n) is 18.4. The van der Waals surface area contributed by atoms with Gasteiger partial charge in [-0.15, -0.1) is 23.1 Å². The van der Waals surface area contributed by atoms with E-state index in [4.69, 9.17) is 5.11 Å². The van der Waals surface area contributed by atoms with E-state index in [0.29, 0.717) is 28.4 Å². The van der Waals surface area contributed by atoms with Crippen molar-refractivity contribution in [3.8, 4) is 0 Å². The van der Waals surface area contributed by atoms with Crippen molar-refractivity contribution in [3.05, 3.63) is 22.3 Å². The van der Waals surface area contributed by atoms with Crippen LogP contribution in [0.1, 0.15) is 5.69 Å². The number of hydrogen-bond donors (Lipinski definition) is 4. The molecule has 3 amide bonds. The number of rotatable bonds is 10. The van der Waals surface area contributed by atoms with Crippen LogP contribution in [0.15, 0.2) is 21.8 Å². The van der Waals surface area contributed by atoms with Crippen molar-refractivity contribution in [2.75, 3.05) is 29.7 Å². The van der Waals surface area contributed by atoms with Crippen molar-refractivity contribution in [1.29, 1.82) is 0 Å². The fourth-order valence-corrected chi connectivity index (χ4v) is 5.90. The molecule has 200 valence electrons. The quantitative estimate of drug-likeness (QED) is 0.171. The first kappa shape index (κ1) is 28.3. The fraction of sp³-hybridized carbons (Fsp3) is 0.389. The highest BCUT2D eigenvalue weighted by molar-refractivity contribution is 8.00. The number of nitrogens with zero attached hydrogens (tertiary/aromatic N) is 3. The number of aliphatic carboxylic acids is 2. The number of carboxylic acid groups (broad SMARTS) is 2. The molecule has 3 rings (SSSR count). The molecule has 37 heavy (non-hydrogen) atoms. The summed E-state index contributed by atoms with van der Waals surface area (Å²) in [6.07, 6.45) is -3.42. The molecule has 2 atom stereocenters. The smallest absolute Gasteiger partial charge is 0.471 e. The molecule has 1 aromatic rings. The molecule has 0 radical (unpaired) electrons. The van der Waals surface area contributed by atoms with Crippen molar-refractivity contribution in [1.82, 2.24) is 15.2 Å². The third-order valence-corrected chi connectivity index (χ3v) is 7.37. The molecule has 4 N–H and O–H groups in total. The molecule has 0 saturated carbocycles. The van der Waals surface area contributed by atoms with Gasteiger partial charge in [-0.2, -0.15) is 24.9 Å². The highest BCUT2D eigenvalue weighted by Crippen LogP contribution is 2.41. The molecule has 0 aliphatic carbocycles. The number of carboxylic acids is 2. The Morgan fingerprint density at radius 2 is 2.03 bits per heavy atom. The number of nitrogens with one attached hydrogen (secondary N) is 2. The summed E-state index contributed by atoms with van der Waals surface area (Å²) in [6, 6.07) is -1.18. The number of alkyl halides is 3. The van der Waals surface area contributed by atoms with Crippen molar-refractivity contribution in [2.45, 2.75) is 17.6 Å². The van der Waals surface area contributed by atoms with Crippen LogP contribution in [-0.2, 0) is 28.8 Å². The minimum Gasteiger partial charge on any atom is -0.479 e. The van der Waals surface area contributed by atoms with E-state index in [9.17, 15) is 42.3 Å². The first-order chi connectivity index (χ1) is 17.3. The van der Waals surface area contributed by atoms with Crippen LogP contribution >= 0.6 is 34.9 Å². The lowest BCUT2D eigenvalue weighted by Gasteiger charge is -2.49. The van der Waals surface area contributed by atoms with Gasteiger partial charge in [0, 0.05) is 16.9 Å². The van der Waals surface area contributed by atoms with E-state index in [1.807, 2.05) is 0 Å². The van der Waals surface area contributed by atoms with E-state index in [1.54, 1.807) is 6.26 Å². The predicted molar refractivity (Wildman–Crippen MR) is 125 cm³/mol. The molecule has 1 fully saturated rings. The topological polar surface area (TPSA) is 188 Å². The van der Waals surface area contributed by atoms with E-state index in [0.717, 1.165) is 10.3 Å². The van der Waals surface area contributed by atoms with Gasteiger partial charge in [-0.3, -0.25) is 24.6 Å². The summed E-state index contributed by atoms with van der Waals surface area (Å²) >= 11 is 3.11. The zero-order chi connectivity index (χ0) is 27.5. The Labute approximate surface area is 217 Å². The van der Waals surface area contributed by atoms with Crippen LogP contribution in [0.5, 0.6) is 0 Å². The highest BCUT2D eigenvalue weighted by atomic mass is 32.2. The Morgan fingerprint density at radius 1 is 1.32 bits per heavy atom. The summed E-state index contributed by atoms with van der Waals surface area (Å²) in [6.45, 7) is -0.974. The largest absolute Gasteiger partial charge is 0.479 e. The molecular weight excluding hydrogens is 567 g/mol. The monoisotopic (exact) mass is 583 g/mol. The Kier molecular flexibility index (Phi) is 8.69. The van der Waals surface area contributed by atoms with Crippen molar-refractivity contribution in [3.63, 3.8) is 0 Å². The maximum atomic E-state index is 12.9. The molecule has 2 aliphatic rings.